The van der Waals surface area contributed by atoms with E-state index in [1.165, 1.54) is 12.1 Å². The quantitative estimate of drug-likeness (QED) is 0.665. The molecule has 0 saturated carbocycles. The van der Waals surface area contributed by atoms with E-state index in [2.05, 4.69) is 5.32 Å². The highest BCUT2D eigenvalue weighted by atomic mass is 19.2. The van der Waals surface area contributed by atoms with E-state index in [9.17, 15) is 13.6 Å². The Labute approximate surface area is 162 Å². The highest BCUT2D eigenvalue weighted by molar-refractivity contribution is 5.90. The number of aromatic nitrogens is 1. The zero-order valence-electron chi connectivity index (χ0n) is 15.7. The van der Waals surface area contributed by atoms with Gasteiger partial charge in [0.25, 0.3) is 0 Å². The number of aryl methyl sites for hydroxylation is 2. The summed E-state index contributed by atoms with van der Waals surface area (Å²) in [7, 11) is 0. The first-order valence-electron chi connectivity index (χ1n) is 9.19. The van der Waals surface area contributed by atoms with Gasteiger partial charge in [-0.3, -0.25) is 0 Å². The minimum absolute atomic E-state index is 0.273. The first kappa shape index (κ1) is 18.2. The van der Waals surface area contributed by atoms with Crippen molar-refractivity contribution in [1.29, 1.82) is 0 Å². The topological polar surface area (TPSA) is 37.3 Å². The number of rotatable bonds is 2. The first-order chi connectivity index (χ1) is 13.4. The van der Waals surface area contributed by atoms with Crippen molar-refractivity contribution in [1.82, 2.24) is 9.47 Å². The molecule has 4 rings (SSSR count). The molecule has 2 amide bonds. The molecule has 2 heterocycles. The smallest absolute Gasteiger partial charge is 0.322 e. The molecule has 0 aliphatic carbocycles. The standard InChI is InChI=1S/C22H21F2N3O/c1-14-5-7-17(12-15(14)2)25-22(28)27-11-10-26-9-3-4-20(26)21(27)16-6-8-18(23)19(24)13-16/h3-9,12-13,21H,10-11H2,1-2H3,(H,25,28)/t21-/m0/s1. The number of urea groups is 1. The van der Waals surface area contributed by atoms with Crippen LogP contribution >= 0.6 is 0 Å². The number of benzene rings is 2. The van der Waals surface area contributed by atoms with Gasteiger partial charge in [0.15, 0.2) is 11.6 Å². The molecule has 1 aliphatic heterocycles. The fourth-order valence-corrected chi connectivity index (χ4v) is 3.65. The number of nitrogens with one attached hydrogen (secondary N) is 1. The maximum Gasteiger partial charge on any atom is 0.322 e. The van der Waals surface area contributed by atoms with Gasteiger partial charge in [0.2, 0.25) is 0 Å². The Bertz CT molecular complexity index is 1040. The Kier molecular flexibility index (Phi) is 4.63. The zero-order chi connectivity index (χ0) is 19.8. The van der Waals surface area contributed by atoms with Crippen LogP contribution in [0, 0.1) is 25.5 Å². The van der Waals surface area contributed by atoms with Crippen molar-refractivity contribution in [3.8, 4) is 0 Å². The van der Waals surface area contributed by atoms with Crippen LogP contribution in [0.4, 0.5) is 19.3 Å². The van der Waals surface area contributed by atoms with Gasteiger partial charge in [-0.15, -0.1) is 0 Å². The van der Waals surface area contributed by atoms with E-state index in [0.717, 1.165) is 22.9 Å². The van der Waals surface area contributed by atoms with Gasteiger partial charge in [-0.1, -0.05) is 12.1 Å². The van der Waals surface area contributed by atoms with E-state index >= 15 is 0 Å². The molecule has 144 valence electrons. The summed E-state index contributed by atoms with van der Waals surface area (Å²) >= 11 is 0. The number of anilines is 1. The molecule has 0 bridgehead atoms. The number of nitrogens with zero attached hydrogens (tertiary/aromatic N) is 2. The Morgan fingerprint density at radius 1 is 1.00 bits per heavy atom. The van der Waals surface area contributed by atoms with Crippen molar-refractivity contribution < 1.29 is 13.6 Å². The molecule has 3 aromatic rings. The van der Waals surface area contributed by atoms with Crippen LogP contribution in [0.3, 0.4) is 0 Å². The molecule has 0 unspecified atom stereocenters. The third-order valence-corrected chi connectivity index (χ3v) is 5.32. The van der Waals surface area contributed by atoms with E-state index < -0.39 is 17.7 Å². The summed E-state index contributed by atoms with van der Waals surface area (Å²) in [5, 5.41) is 2.94. The molecule has 1 N–H and O–H groups in total. The third-order valence-electron chi connectivity index (χ3n) is 5.32. The summed E-state index contributed by atoms with van der Waals surface area (Å²) in [6.07, 6.45) is 1.93. The van der Waals surface area contributed by atoms with E-state index in [-0.39, 0.29) is 6.03 Å². The molecule has 1 atom stereocenters. The average molecular weight is 381 g/mol. The molecule has 2 aromatic carbocycles. The molecule has 1 aromatic heterocycles. The van der Waals surface area contributed by atoms with Gasteiger partial charge in [-0.25, -0.2) is 13.6 Å². The lowest BCUT2D eigenvalue weighted by molar-refractivity contribution is 0.181. The number of hydrogen-bond acceptors (Lipinski definition) is 1. The Hall–Kier alpha value is -3.15. The van der Waals surface area contributed by atoms with E-state index in [1.807, 2.05) is 54.9 Å². The number of halogens is 2. The Balaban J connectivity index is 1.68. The number of amides is 2. The van der Waals surface area contributed by atoms with Gasteiger partial charge in [-0.05, 0) is 66.9 Å². The van der Waals surface area contributed by atoms with E-state index in [1.54, 1.807) is 4.90 Å². The van der Waals surface area contributed by atoms with Crippen LogP contribution in [0.15, 0.2) is 54.7 Å². The molecular weight excluding hydrogens is 360 g/mol. The van der Waals surface area contributed by atoms with Crippen LogP contribution in [0.5, 0.6) is 0 Å². The minimum Gasteiger partial charge on any atom is -0.348 e. The molecule has 4 nitrogen and oxygen atoms in total. The van der Waals surface area contributed by atoms with Crippen molar-refractivity contribution >= 4 is 11.7 Å². The number of hydrogen-bond donors (Lipinski definition) is 1. The number of carbonyl (C=O) groups excluding carboxylic acids is 1. The summed E-state index contributed by atoms with van der Waals surface area (Å²) in [5.74, 6) is -1.82. The van der Waals surface area contributed by atoms with Gasteiger partial charge in [0.05, 0.1) is 6.04 Å². The second-order valence-corrected chi connectivity index (χ2v) is 7.13. The lowest BCUT2D eigenvalue weighted by Gasteiger charge is -2.37. The monoisotopic (exact) mass is 381 g/mol. The molecule has 0 fully saturated rings. The van der Waals surface area contributed by atoms with Crippen LogP contribution < -0.4 is 5.32 Å². The molecule has 28 heavy (non-hydrogen) atoms. The second-order valence-electron chi connectivity index (χ2n) is 7.13. The molecule has 6 heteroatoms. The van der Waals surface area contributed by atoms with Gasteiger partial charge < -0.3 is 14.8 Å². The van der Waals surface area contributed by atoms with Gasteiger partial charge in [-0.2, -0.15) is 0 Å². The molecule has 0 radical (unpaired) electrons. The van der Waals surface area contributed by atoms with Crippen molar-refractivity contribution in [3.63, 3.8) is 0 Å². The van der Waals surface area contributed by atoms with E-state index in [4.69, 9.17) is 0 Å². The average Bonchev–Trinajstić information content (AvgIpc) is 3.15. The predicted octanol–water partition coefficient (Wildman–Crippen LogP) is 5.02. The lowest BCUT2D eigenvalue weighted by Crippen LogP contribution is -2.44. The van der Waals surface area contributed by atoms with Crippen molar-refractivity contribution in [2.24, 2.45) is 0 Å². The zero-order valence-corrected chi connectivity index (χ0v) is 15.7. The molecule has 0 saturated heterocycles. The highest BCUT2D eigenvalue weighted by Gasteiger charge is 2.32. The van der Waals surface area contributed by atoms with Crippen LogP contribution in [-0.4, -0.2) is 22.0 Å². The minimum atomic E-state index is -0.921. The first-order valence-corrected chi connectivity index (χ1v) is 9.19. The molecular formula is C22H21F2N3O. The summed E-state index contributed by atoms with van der Waals surface area (Å²) < 4.78 is 29.4. The SMILES string of the molecule is Cc1ccc(NC(=O)N2CCn3cccc3[C@@H]2c2ccc(F)c(F)c2)cc1C. The predicted molar refractivity (Wildman–Crippen MR) is 104 cm³/mol. The number of carbonyl (C=O) groups is 1. The second kappa shape index (κ2) is 7.11. The van der Waals surface area contributed by atoms with Crippen molar-refractivity contribution in [3.05, 3.63) is 88.7 Å². The van der Waals surface area contributed by atoms with Gasteiger partial charge in [0.1, 0.15) is 0 Å². The highest BCUT2D eigenvalue weighted by Crippen LogP contribution is 2.33. The van der Waals surface area contributed by atoms with Gasteiger partial charge in [0, 0.05) is 30.7 Å². The van der Waals surface area contributed by atoms with Crippen LogP contribution in [0.1, 0.15) is 28.4 Å². The summed E-state index contributed by atoms with van der Waals surface area (Å²) in [6.45, 7) is 5.10. The summed E-state index contributed by atoms with van der Waals surface area (Å²) in [6, 6.07) is 12.6. The van der Waals surface area contributed by atoms with Crippen LogP contribution in [0.2, 0.25) is 0 Å². The van der Waals surface area contributed by atoms with E-state index in [0.29, 0.717) is 24.3 Å². The Morgan fingerprint density at radius 3 is 2.57 bits per heavy atom. The third kappa shape index (κ3) is 3.26. The molecule has 0 spiro atoms. The maximum absolute atomic E-state index is 13.9. The van der Waals surface area contributed by atoms with Crippen LogP contribution in [-0.2, 0) is 6.54 Å². The normalized spacial score (nSPS) is 16.0. The molecule has 1 aliphatic rings. The van der Waals surface area contributed by atoms with Crippen LogP contribution in [0.25, 0.3) is 0 Å². The maximum atomic E-state index is 13.9. The van der Waals surface area contributed by atoms with Crippen molar-refractivity contribution in [2.45, 2.75) is 26.4 Å². The number of fused-ring (bicyclic) bond motifs is 1. The van der Waals surface area contributed by atoms with Crippen molar-refractivity contribution in [2.75, 3.05) is 11.9 Å². The van der Waals surface area contributed by atoms with Gasteiger partial charge >= 0.3 is 6.03 Å². The summed E-state index contributed by atoms with van der Waals surface area (Å²) in [4.78, 5) is 14.7. The fraction of sp³-hybridized carbons (Fsp3) is 0.227. The largest absolute Gasteiger partial charge is 0.348 e. The summed E-state index contributed by atoms with van der Waals surface area (Å²) in [5.41, 5.74) is 4.34. The fourth-order valence-electron chi connectivity index (χ4n) is 3.65. The Morgan fingerprint density at radius 2 is 1.82 bits per heavy atom. The lowest BCUT2D eigenvalue weighted by atomic mass is 10.00.